The topological polar surface area (TPSA) is 76.1 Å². The molecule has 0 aliphatic carbocycles. The van der Waals surface area contributed by atoms with Crippen molar-refractivity contribution in [3.05, 3.63) is 30.0 Å². The first-order chi connectivity index (χ1) is 8.29. The van der Waals surface area contributed by atoms with Crippen molar-refractivity contribution in [3.8, 4) is 0 Å². The summed E-state index contributed by atoms with van der Waals surface area (Å²) in [5.41, 5.74) is 0. The molecule has 0 bridgehead atoms. The Morgan fingerprint density at radius 2 is 2.29 bits per heavy atom. The van der Waals surface area contributed by atoms with Crippen molar-refractivity contribution < 1.29 is 8.83 Å². The van der Waals surface area contributed by atoms with Gasteiger partial charge in [0.15, 0.2) is 0 Å². The van der Waals surface area contributed by atoms with Crippen LogP contribution in [0, 0.1) is 0 Å². The van der Waals surface area contributed by atoms with Crippen LogP contribution in [-0.4, -0.2) is 16.7 Å². The van der Waals surface area contributed by atoms with Crippen molar-refractivity contribution in [2.45, 2.75) is 26.4 Å². The third-order valence-corrected chi connectivity index (χ3v) is 2.32. The summed E-state index contributed by atoms with van der Waals surface area (Å²) in [6.07, 6.45) is 1.63. The van der Waals surface area contributed by atoms with Gasteiger partial charge < -0.3 is 19.5 Å². The number of nitrogens with one attached hydrogen (secondary N) is 2. The van der Waals surface area contributed by atoms with Crippen LogP contribution in [0.15, 0.2) is 27.2 Å². The molecule has 0 aliphatic heterocycles. The fraction of sp³-hybridized carbons (Fsp3) is 0.455. The van der Waals surface area contributed by atoms with Gasteiger partial charge in [0.2, 0.25) is 5.89 Å². The van der Waals surface area contributed by atoms with Gasteiger partial charge in [0, 0.05) is 0 Å². The monoisotopic (exact) mass is 236 g/mol. The summed E-state index contributed by atoms with van der Waals surface area (Å²) < 4.78 is 10.6. The molecule has 2 heterocycles. The molecule has 0 amide bonds. The first-order valence-electron chi connectivity index (χ1n) is 5.62. The van der Waals surface area contributed by atoms with Crippen LogP contribution >= 0.6 is 0 Å². The molecule has 0 saturated heterocycles. The Morgan fingerprint density at radius 1 is 1.41 bits per heavy atom. The Labute approximate surface area is 99.4 Å². The van der Waals surface area contributed by atoms with E-state index < -0.39 is 0 Å². The summed E-state index contributed by atoms with van der Waals surface area (Å²) in [6, 6.07) is 4.18. The van der Waals surface area contributed by atoms with E-state index in [9.17, 15) is 0 Å². The normalized spacial score (nSPS) is 12.6. The van der Waals surface area contributed by atoms with E-state index >= 15 is 0 Å². The van der Waals surface area contributed by atoms with Crippen LogP contribution in [0.25, 0.3) is 0 Å². The molecule has 17 heavy (non-hydrogen) atoms. The molecule has 2 aromatic heterocycles. The zero-order valence-corrected chi connectivity index (χ0v) is 9.93. The minimum absolute atomic E-state index is 0.0617. The van der Waals surface area contributed by atoms with Crippen molar-refractivity contribution >= 4 is 6.01 Å². The van der Waals surface area contributed by atoms with E-state index in [1.807, 2.05) is 26.0 Å². The van der Waals surface area contributed by atoms with Gasteiger partial charge in [-0.2, -0.15) is 0 Å². The standard InChI is InChI=1S/C11H16N4O2/c1-3-12-8(2)10-14-15-11(17-10)13-7-9-5-4-6-16-9/h4-6,8,12H,3,7H2,1-2H3,(H,13,15). The third kappa shape index (κ3) is 3.07. The highest BCUT2D eigenvalue weighted by Crippen LogP contribution is 2.14. The smallest absolute Gasteiger partial charge is 0.315 e. The average molecular weight is 236 g/mol. The maximum Gasteiger partial charge on any atom is 0.315 e. The van der Waals surface area contributed by atoms with Gasteiger partial charge in [0.05, 0.1) is 18.8 Å². The number of anilines is 1. The van der Waals surface area contributed by atoms with Gasteiger partial charge in [0.1, 0.15) is 5.76 Å². The Morgan fingerprint density at radius 3 is 3.00 bits per heavy atom. The third-order valence-electron chi connectivity index (χ3n) is 2.32. The SMILES string of the molecule is CCNC(C)c1nnc(NCc2ccco2)o1. The highest BCUT2D eigenvalue weighted by molar-refractivity contribution is 5.19. The molecular weight excluding hydrogens is 220 g/mol. The van der Waals surface area contributed by atoms with Gasteiger partial charge in [-0.3, -0.25) is 0 Å². The second kappa shape index (κ2) is 5.49. The number of aromatic nitrogens is 2. The molecule has 1 atom stereocenters. The minimum atomic E-state index is 0.0617. The maximum atomic E-state index is 5.46. The van der Waals surface area contributed by atoms with Crippen molar-refractivity contribution in [1.82, 2.24) is 15.5 Å². The molecule has 0 fully saturated rings. The lowest BCUT2D eigenvalue weighted by Gasteiger charge is -2.05. The molecule has 0 spiro atoms. The van der Waals surface area contributed by atoms with Crippen LogP contribution in [0.2, 0.25) is 0 Å². The molecule has 6 nitrogen and oxygen atoms in total. The second-order valence-electron chi connectivity index (χ2n) is 3.66. The van der Waals surface area contributed by atoms with Gasteiger partial charge in [-0.25, -0.2) is 0 Å². The summed E-state index contributed by atoms with van der Waals surface area (Å²) in [7, 11) is 0. The van der Waals surface area contributed by atoms with E-state index in [2.05, 4.69) is 20.8 Å². The molecule has 0 saturated carbocycles. The molecule has 92 valence electrons. The van der Waals surface area contributed by atoms with E-state index in [0.717, 1.165) is 12.3 Å². The lowest BCUT2D eigenvalue weighted by atomic mass is 10.3. The van der Waals surface area contributed by atoms with E-state index in [1.54, 1.807) is 6.26 Å². The summed E-state index contributed by atoms with van der Waals surface area (Å²) in [4.78, 5) is 0. The van der Waals surface area contributed by atoms with Gasteiger partial charge in [0.25, 0.3) is 0 Å². The fourth-order valence-corrected chi connectivity index (χ4v) is 1.45. The Bertz CT molecular complexity index is 438. The lowest BCUT2D eigenvalue weighted by molar-refractivity contribution is 0.427. The summed E-state index contributed by atoms with van der Waals surface area (Å²) in [5.74, 6) is 1.40. The van der Waals surface area contributed by atoms with Crippen molar-refractivity contribution in [1.29, 1.82) is 0 Å². The zero-order chi connectivity index (χ0) is 12.1. The number of hydrogen-bond donors (Lipinski definition) is 2. The van der Waals surface area contributed by atoms with E-state index in [4.69, 9.17) is 8.83 Å². The van der Waals surface area contributed by atoms with Crippen LogP contribution < -0.4 is 10.6 Å². The number of furan rings is 1. The molecule has 2 aromatic rings. The second-order valence-corrected chi connectivity index (χ2v) is 3.66. The van der Waals surface area contributed by atoms with E-state index in [-0.39, 0.29) is 6.04 Å². The Hall–Kier alpha value is -1.82. The number of hydrogen-bond acceptors (Lipinski definition) is 6. The largest absolute Gasteiger partial charge is 0.467 e. The Balaban J connectivity index is 1.89. The van der Waals surface area contributed by atoms with Crippen LogP contribution in [0.3, 0.4) is 0 Å². The highest BCUT2D eigenvalue weighted by Gasteiger charge is 2.12. The zero-order valence-electron chi connectivity index (χ0n) is 9.93. The molecule has 0 aromatic carbocycles. The molecule has 1 unspecified atom stereocenters. The van der Waals surface area contributed by atoms with Crippen LogP contribution in [0.5, 0.6) is 0 Å². The molecule has 2 N–H and O–H groups in total. The lowest BCUT2D eigenvalue weighted by Crippen LogP contribution is -2.17. The van der Waals surface area contributed by atoms with E-state index in [1.165, 1.54) is 0 Å². The number of nitrogens with zero attached hydrogens (tertiary/aromatic N) is 2. The fourth-order valence-electron chi connectivity index (χ4n) is 1.45. The van der Waals surface area contributed by atoms with Crippen LogP contribution in [0.1, 0.15) is 31.5 Å². The van der Waals surface area contributed by atoms with Gasteiger partial charge in [-0.15, -0.1) is 5.10 Å². The minimum Gasteiger partial charge on any atom is -0.467 e. The van der Waals surface area contributed by atoms with E-state index in [0.29, 0.717) is 18.5 Å². The van der Waals surface area contributed by atoms with Gasteiger partial charge in [-0.1, -0.05) is 12.0 Å². The summed E-state index contributed by atoms with van der Waals surface area (Å²) in [5, 5.41) is 14.1. The van der Waals surface area contributed by atoms with Crippen LogP contribution in [0.4, 0.5) is 6.01 Å². The number of rotatable bonds is 6. The first-order valence-corrected chi connectivity index (χ1v) is 5.62. The molecule has 6 heteroatoms. The van der Waals surface area contributed by atoms with Crippen molar-refractivity contribution in [2.75, 3.05) is 11.9 Å². The molecular formula is C11H16N4O2. The van der Waals surface area contributed by atoms with Gasteiger partial charge >= 0.3 is 6.01 Å². The summed E-state index contributed by atoms with van der Waals surface area (Å²) in [6.45, 7) is 5.40. The van der Waals surface area contributed by atoms with Gasteiger partial charge in [-0.05, 0) is 25.6 Å². The first kappa shape index (κ1) is 11.7. The maximum absolute atomic E-state index is 5.46. The van der Waals surface area contributed by atoms with Crippen LogP contribution in [-0.2, 0) is 6.54 Å². The Kier molecular flexibility index (Phi) is 3.77. The molecule has 0 radical (unpaired) electrons. The quantitative estimate of drug-likeness (QED) is 0.798. The highest BCUT2D eigenvalue weighted by atomic mass is 16.4. The molecule has 0 aliphatic rings. The average Bonchev–Trinajstić information content (AvgIpc) is 2.98. The predicted molar refractivity (Wildman–Crippen MR) is 62.4 cm³/mol. The predicted octanol–water partition coefficient (Wildman–Crippen LogP) is 1.95. The van der Waals surface area contributed by atoms with Crippen molar-refractivity contribution in [3.63, 3.8) is 0 Å². The summed E-state index contributed by atoms with van der Waals surface area (Å²) >= 11 is 0. The van der Waals surface area contributed by atoms with Crippen molar-refractivity contribution in [2.24, 2.45) is 0 Å². The molecule has 2 rings (SSSR count).